The molecule has 106 valence electrons. The van der Waals surface area contributed by atoms with Gasteiger partial charge in [0.1, 0.15) is 6.33 Å². The molecule has 1 aromatic heterocycles. The molecule has 2 aromatic rings. The molecular weight excluding hydrogens is 254 g/mol. The van der Waals surface area contributed by atoms with E-state index in [9.17, 15) is 0 Å². The van der Waals surface area contributed by atoms with Crippen molar-refractivity contribution in [3.05, 3.63) is 48.3 Å². The maximum atomic E-state index is 5.53. The van der Waals surface area contributed by atoms with Crippen LogP contribution < -0.4 is 14.8 Å². The number of hydrogen-bond donors (Lipinski definition) is 1. The molecular formula is C15H19N3O2. The fourth-order valence-electron chi connectivity index (χ4n) is 1.72. The smallest absolute Gasteiger partial charge is 0.220 e. The summed E-state index contributed by atoms with van der Waals surface area (Å²) in [7, 11) is 1.57. The van der Waals surface area contributed by atoms with Crippen molar-refractivity contribution in [2.24, 2.45) is 0 Å². The predicted octanol–water partition coefficient (Wildman–Crippen LogP) is 2.04. The Morgan fingerprint density at radius 1 is 1.10 bits per heavy atom. The van der Waals surface area contributed by atoms with Crippen LogP contribution in [0.15, 0.2) is 42.7 Å². The van der Waals surface area contributed by atoms with Crippen LogP contribution in [0.2, 0.25) is 0 Å². The summed E-state index contributed by atoms with van der Waals surface area (Å²) in [6, 6.07) is 12.0. The van der Waals surface area contributed by atoms with Gasteiger partial charge in [-0.05, 0) is 18.5 Å². The van der Waals surface area contributed by atoms with Gasteiger partial charge in [0.25, 0.3) is 0 Å². The summed E-state index contributed by atoms with van der Waals surface area (Å²) in [6.45, 7) is 2.39. The molecule has 0 atom stereocenters. The van der Waals surface area contributed by atoms with E-state index < -0.39 is 0 Å². The van der Waals surface area contributed by atoms with E-state index in [0.29, 0.717) is 18.4 Å². The standard InChI is InChI=1S/C15H19N3O2/c1-19-14-10-15(18-12-17-14)20-9-5-8-16-11-13-6-3-2-4-7-13/h2-4,6-7,10,12,16H,5,8-9,11H2,1H3. The van der Waals surface area contributed by atoms with Crippen molar-refractivity contribution in [1.29, 1.82) is 0 Å². The molecule has 0 fully saturated rings. The molecule has 0 saturated heterocycles. The van der Waals surface area contributed by atoms with E-state index in [1.54, 1.807) is 13.2 Å². The SMILES string of the molecule is COc1cc(OCCCNCc2ccccc2)ncn1. The summed E-state index contributed by atoms with van der Waals surface area (Å²) in [6.07, 6.45) is 2.35. The van der Waals surface area contributed by atoms with Crippen LogP contribution >= 0.6 is 0 Å². The van der Waals surface area contributed by atoms with Crippen LogP contribution in [0.1, 0.15) is 12.0 Å². The maximum absolute atomic E-state index is 5.53. The highest BCUT2D eigenvalue weighted by atomic mass is 16.5. The summed E-state index contributed by atoms with van der Waals surface area (Å²) in [5.41, 5.74) is 1.29. The molecule has 1 heterocycles. The summed E-state index contributed by atoms with van der Waals surface area (Å²) in [4.78, 5) is 7.94. The first kappa shape index (κ1) is 14.3. The molecule has 2 rings (SSSR count). The van der Waals surface area contributed by atoms with Crippen molar-refractivity contribution in [1.82, 2.24) is 15.3 Å². The van der Waals surface area contributed by atoms with Gasteiger partial charge in [0, 0.05) is 6.54 Å². The highest BCUT2D eigenvalue weighted by molar-refractivity contribution is 5.17. The van der Waals surface area contributed by atoms with Gasteiger partial charge < -0.3 is 14.8 Å². The number of benzene rings is 1. The van der Waals surface area contributed by atoms with Gasteiger partial charge in [-0.2, -0.15) is 0 Å². The lowest BCUT2D eigenvalue weighted by molar-refractivity contribution is 0.292. The van der Waals surface area contributed by atoms with Crippen LogP contribution in [-0.2, 0) is 6.54 Å². The average Bonchev–Trinajstić information content (AvgIpc) is 2.52. The molecule has 5 heteroatoms. The number of methoxy groups -OCH3 is 1. The first-order valence-electron chi connectivity index (χ1n) is 6.62. The molecule has 0 bridgehead atoms. The Hall–Kier alpha value is -2.14. The largest absolute Gasteiger partial charge is 0.481 e. The minimum Gasteiger partial charge on any atom is -0.481 e. The van der Waals surface area contributed by atoms with Gasteiger partial charge in [-0.1, -0.05) is 30.3 Å². The predicted molar refractivity (Wildman–Crippen MR) is 76.8 cm³/mol. The molecule has 0 amide bonds. The van der Waals surface area contributed by atoms with E-state index in [4.69, 9.17) is 9.47 Å². The van der Waals surface area contributed by atoms with Gasteiger partial charge in [0.2, 0.25) is 11.8 Å². The first-order chi connectivity index (χ1) is 9.88. The van der Waals surface area contributed by atoms with E-state index in [2.05, 4.69) is 27.4 Å². The van der Waals surface area contributed by atoms with Gasteiger partial charge in [-0.15, -0.1) is 0 Å². The maximum Gasteiger partial charge on any atom is 0.220 e. The number of nitrogens with zero attached hydrogens (tertiary/aromatic N) is 2. The van der Waals surface area contributed by atoms with Crippen LogP contribution in [0.4, 0.5) is 0 Å². The lowest BCUT2D eigenvalue weighted by Crippen LogP contribution is -2.17. The molecule has 0 aliphatic rings. The molecule has 1 aromatic carbocycles. The lowest BCUT2D eigenvalue weighted by atomic mass is 10.2. The zero-order valence-corrected chi connectivity index (χ0v) is 11.6. The third-order valence-electron chi connectivity index (χ3n) is 2.75. The van der Waals surface area contributed by atoms with E-state index in [1.807, 2.05) is 18.2 Å². The molecule has 0 saturated carbocycles. The van der Waals surface area contributed by atoms with Crippen molar-refractivity contribution < 1.29 is 9.47 Å². The van der Waals surface area contributed by atoms with Crippen LogP contribution in [0.25, 0.3) is 0 Å². The fraction of sp³-hybridized carbons (Fsp3) is 0.333. The van der Waals surface area contributed by atoms with Crippen LogP contribution in [0, 0.1) is 0 Å². The topological polar surface area (TPSA) is 56.3 Å². The van der Waals surface area contributed by atoms with Crippen molar-refractivity contribution >= 4 is 0 Å². The number of aromatic nitrogens is 2. The van der Waals surface area contributed by atoms with E-state index >= 15 is 0 Å². The zero-order chi connectivity index (χ0) is 14.0. The van der Waals surface area contributed by atoms with Crippen molar-refractivity contribution in [2.75, 3.05) is 20.3 Å². The third-order valence-corrected chi connectivity index (χ3v) is 2.75. The average molecular weight is 273 g/mol. The van der Waals surface area contributed by atoms with Gasteiger partial charge >= 0.3 is 0 Å². The molecule has 5 nitrogen and oxygen atoms in total. The van der Waals surface area contributed by atoms with Gasteiger partial charge in [-0.25, -0.2) is 9.97 Å². The van der Waals surface area contributed by atoms with E-state index in [1.165, 1.54) is 11.9 Å². The quantitative estimate of drug-likeness (QED) is 0.746. The Labute approximate surface area is 119 Å². The Kier molecular flexibility index (Phi) is 5.79. The monoisotopic (exact) mass is 273 g/mol. The Morgan fingerprint density at radius 2 is 1.90 bits per heavy atom. The third kappa shape index (κ3) is 4.85. The molecule has 1 N–H and O–H groups in total. The molecule has 20 heavy (non-hydrogen) atoms. The lowest BCUT2D eigenvalue weighted by Gasteiger charge is -2.07. The Balaban J connectivity index is 1.59. The normalized spacial score (nSPS) is 10.2. The van der Waals surface area contributed by atoms with E-state index in [0.717, 1.165) is 19.5 Å². The minimum absolute atomic E-state index is 0.511. The van der Waals surface area contributed by atoms with Crippen molar-refractivity contribution in [3.8, 4) is 11.8 Å². The van der Waals surface area contributed by atoms with Crippen LogP contribution in [-0.4, -0.2) is 30.2 Å². The fourth-order valence-corrected chi connectivity index (χ4v) is 1.72. The van der Waals surface area contributed by atoms with Crippen LogP contribution in [0.3, 0.4) is 0 Å². The number of nitrogens with one attached hydrogen (secondary N) is 1. The molecule has 0 spiro atoms. The van der Waals surface area contributed by atoms with Gasteiger partial charge in [0.05, 0.1) is 19.8 Å². The van der Waals surface area contributed by atoms with Gasteiger partial charge in [-0.3, -0.25) is 0 Å². The highest BCUT2D eigenvalue weighted by Gasteiger charge is 1.99. The van der Waals surface area contributed by atoms with Crippen LogP contribution in [0.5, 0.6) is 11.8 Å². The Bertz CT molecular complexity index is 505. The molecule has 0 aliphatic heterocycles. The molecule has 0 unspecified atom stereocenters. The zero-order valence-electron chi connectivity index (χ0n) is 11.6. The van der Waals surface area contributed by atoms with Crippen molar-refractivity contribution in [3.63, 3.8) is 0 Å². The number of rotatable bonds is 8. The van der Waals surface area contributed by atoms with Gasteiger partial charge in [0.15, 0.2) is 0 Å². The number of hydrogen-bond acceptors (Lipinski definition) is 5. The summed E-state index contributed by atoms with van der Waals surface area (Å²) in [5.74, 6) is 1.05. The summed E-state index contributed by atoms with van der Waals surface area (Å²) >= 11 is 0. The second-order valence-corrected chi connectivity index (χ2v) is 4.26. The number of ether oxygens (including phenoxy) is 2. The second-order valence-electron chi connectivity index (χ2n) is 4.26. The summed E-state index contributed by atoms with van der Waals surface area (Å²) in [5, 5.41) is 3.37. The minimum atomic E-state index is 0.511. The molecule has 0 aliphatic carbocycles. The summed E-state index contributed by atoms with van der Waals surface area (Å²) < 4.78 is 10.5. The molecule has 0 radical (unpaired) electrons. The van der Waals surface area contributed by atoms with E-state index in [-0.39, 0.29) is 0 Å². The van der Waals surface area contributed by atoms with Crippen molar-refractivity contribution in [2.45, 2.75) is 13.0 Å². The Morgan fingerprint density at radius 3 is 2.70 bits per heavy atom. The highest BCUT2D eigenvalue weighted by Crippen LogP contribution is 2.12. The second kappa shape index (κ2) is 8.12. The first-order valence-corrected chi connectivity index (χ1v) is 6.62.